The number of rotatable bonds is 4. The van der Waals surface area contributed by atoms with Crippen LogP contribution < -0.4 is 5.32 Å². The highest BCUT2D eigenvalue weighted by Gasteiger charge is 2.32. The molecule has 0 aliphatic carbocycles. The van der Waals surface area contributed by atoms with E-state index < -0.39 is 15.9 Å². The fourth-order valence-corrected chi connectivity index (χ4v) is 3.37. The quantitative estimate of drug-likeness (QED) is 0.703. The van der Waals surface area contributed by atoms with Crippen molar-refractivity contribution in [3.05, 3.63) is 0 Å². The van der Waals surface area contributed by atoms with Crippen molar-refractivity contribution >= 4 is 15.9 Å². The molecule has 2 heterocycles. The van der Waals surface area contributed by atoms with Crippen LogP contribution in [0.1, 0.15) is 0 Å². The normalized spacial score (nSPS) is 30.4. The van der Waals surface area contributed by atoms with Crippen molar-refractivity contribution in [1.82, 2.24) is 10.2 Å². The van der Waals surface area contributed by atoms with Gasteiger partial charge in [0.05, 0.1) is 37.7 Å². The van der Waals surface area contributed by atoms with Gasteiger partial charge in [-0.2, -0.15) is 0 Å². The first-order valence-electron chi connectivity index (χ1n) is 6.84. The van der Waals surface area contributed by atoms with Crippen LogP contribution in [0, 0.1) is 0 Å². The van der Waals surface area contributed by atoms with Gasteiger partial charge in [-0.05, 0) is 0 Å². The van der Waals surface area contributed by atoms with Gasteiger partial charge >= 0.3 is 6.03 Å². The molecule has 2 rings (SSSR count). The molecule has 0 bridgehead atoms. The molecule has 0 spiro atoms. The van der Waals surface area contributed by atoms with Crippen molar-refractivity contribution in [1.29, 1.82) is 0 Å². The molecular formula is C12H22N2O6S. The number of nitrogens with one attached hydrogen (secondary N) is 1. The van der Waals surface area contributed by atoms with Crippen LogP contribution in [0.4, 0.5) is 4.79 Å². The largest absolute Gasteiger partial charge is 0.377 e. The average molecular weight is 322 g/mol. The second kappa shape index (κ2) is 6.91. The van der Waals surface area contributed by atoms with Crippen molar-refractivity contribution in [2.45, 2.75) is 18.2 Å². The van der Waals surface area contributed by atoms with Crippen LogP contribution >= 0.6 is 0 Å². The van der Waals surface area contributed by atoms with Gasteiger partial charge in [-0.1, -0.05) is 0 Å². The summed E-state index contributed by atoms with van der Waals surface area (Å²) in [5.74, 6) is -0.0793. The lowest BCUT2D eigenvalue weighted by Crippen LogP contribution is -2.55. The highest BCUT2D eigenvalue weighted by Crippen LogP contribution is 2.11. The number of amides is 2. The first kappa shape index (κ1) is 16.5. The third-order valence-corrected chi connectivity index (χ3v) is 4.53. The number of hydrogen-bond donors (Lipinski definition) is 1. The lowest BCUT2D eigenvalue weighted by Gasteiger charge is -2.33. The molecule has 122 valence electrons. The standard InChI is InChI=1S/C12H22N2O6S/c1-18-11-7-19-6-10(11)13-12(15)14-3-4-20-9(5-14)8-21(2,16)17/h9-11H,3-8H2,1-2H3,(H,13,15)/t9?,10-,11+/m0/s1. The fourth-order valence-electron chi connectivity index (χ4n) is 2.49. The molecule has 0 saturated carbocycles. The van der Waals surface area contributed by atoms with Gasteiger partial charge < -0.3 is 24.4 Å². The summed E-state index contributed by atoms with van der Waals surface area (Å²) in [6.07, 6.45) is 0.536. The summed E-state index contributed by atoms with van der Waals surface area (Å²) in [4.78, 5) is 13.8. The molecule has 0 aromatic rings. The Kier molecular flexibility index (Phi) is 5.42. The minimum absolute atomic E-state index is 0.0793. The summed E-state index contributed by atoms with van der Waals surface area (Å²) >= 11 is 0. The summed E-state index contributed by atoms with van der Waals surface area (Å²) in [6.45, 7) is 1.92. The lowest BCUT2D eigenvalue weighted by atomic mass is 10.2. The number of carbonyl (C=O) groups is 1. The van der Waals surface area contributed by atoms with E-state index in [0.29, 0.717) is 26.4 Å². The van der Waals surface area contributed by atoms with Gasteiger partial charge in [0, 0.05) is 26.5 Å². The Morgan fingerprint density at radius 1 is 1.43 bits per heavy atom. The van der Waals surface area contributed by atoms with Crippen molar-refractivity contribution < 1.29 is 27.4 Å². The van der Waals surface area contributed by atoms with E-state index in [1.54, 1.807) is 12.0 Å². The van der Waals surface area contributed by atoms with Crippen molar-refractivity contribution in [3.63, 3.8) is 0 Å². The predicted molar refractivity (Wildman–Crippen MR) is 75.0 cm³/mol. The zero-order valence-electron chi connectivity index (χ0n) is 12.3. The maximum Gasteiger partial charge on any atom is 0.317 e. The Bertz CT molecular complexity index is 468. The first-order valence-corrected chi connectivity index (χ1v) is 8.90. The summed E-state index contributed by atoms with van der Waals surface area (Å²) < 4.78 is 38.5. The number of hydrogen-bond acceptors (Lipinski definition) is 6. The Balaban J connectivity index is 1.87. The maximum absolute atomic E-state index is 12.2. The van der Waals surface area contributed by atoms with Crippen molar-refractivity contribution in [2.24, 2.45) is 0 Å². The second-order valence-electron chi connectivity index (χ2n) is 5.40. The van der Waals surface area contributed by atoms with Crippen molar-refractivity contribution in [3.8, 4) is 0 Å². The Morgan fingerprint density at radius 3 is 2.86 bits per heavy atom. The summed E-state index contributed by atoms with van der Waals surface area (Å²) in [6, 6.07) is -0.423. The zero-order valence-corrected chi connectivity index (χ0v) is 13.1. The van der Waals surface area contributed by atoms with Gasteiger partial charge in [-0.15, -0.1) is 0 Å². The van der Waals surface area contributed by atoms with Crippen molar-refractivity contribution in [2.75, 3.05) is 52.0 Å². The molecule has 8 nitrogen and oxygen atoms in total. The van der Waals surface area contributed by atoms with Gasteiger partial charge in [0.15, 0.2) is 0 Å². The molecule has 2 saturated heterocycles. The van der Waals surface area contributed by atoms with Crippen LogP contribution in [0.15, 0.2) is 0 Å². The van der Waals surface area contributed by atoms with Gasteiger partial charge in [0.2, 0.25) is 0 Å². The van der Waals surface area contributed by atoms with Crippen LogP contribution in [0.25, 0.3) is 0 Å². The average Bonchev–Trinajstić information content (AvgIpc) is 2.84. The van der Waals surface area contributed by atoms with E-state index in [1.807, 2.05) is 0 Å². The molecule has 9 heteroatoms. The second-order valence-corrected chi connectivity index (χ2v) is 7.58. The fraction of sp³-hybridized carbons (Fsp3) is 0.917. The zero-order chi connectivity index (χ0) is 15.5. The van der Waals surface area contributed by atoms with Crippen LogP contribution in [0.3, 0.4) is 0 Å². The number of nitrogens with zero attached hydrogens (tertiary/aromatic N) is 1. The van der Waals surface area contributed by atoms with Gasteiger partial charge in [0.25, 0.3) is 0 Å². The first-order chi connectivity index (χ1) is 9.89. The molecule has 2 amide bonds. The molecule has 1 N–H and O–H groups in total. The summed E-state index contributed by atoms with van der Waals surface area (Å²) in [5, 5.41) is 2.86. The van der Waals surface area contributed by atoms with E-state index >= 15 is 0 Å². The third kappa shape index (κ3) is 4.80. The van der Waals surface area contributed by atoms with E-state index in [4.69, 9.17) is 14.2 Å². The number of sulfone groups is 1. The molecular weight excluding hydrogens is 300 g/mol. The van der Waals surface area contributed by atoms with Gasteiger partial charge in [-0.3, -0.25) is 0 Å². The van der Waals surface area contributed by atoms with Crippen LogP contribution in [-0.2, 0) is 24.0 Å². The molecule has 2 fully saturated rings. The van der Waals surface area contributed by atoms with Crippen LogP contribution in [-0.4, -0.2) is 89.6 Å². The molecule has 3 atom stereocenters. The molecule has 2 aliphatic heterocycles. The van der Waals surface area contributed by atoms with E-state index in [2.05, 4.69) is 5.32 Å². The summed E-state index contributed by atoms with van der Waals surface area (Å²) in [5.41, 5.74) is 0. The van der Waals surface area contributed by atoms with E-state index in [0.717, 1.165) is 6.26 Å². The highest BCUT2D eigenvalue weighted by atomic mass is 32.2. The summed E-state index contributed by atoms with van der Waals surface area (Å²) in [7, 11) is -1.55. The SMILES string of the molecule is CO[C@@H]1COC[C@@H]1NC(=O)N1CCOC(CS(C)(=O)=O)C1. The predicted octanol–water partition coefficient (Wildman–Crippen LogP) is -1.14. The Labute approximate surface area is 124 Å². The van der Waals surface area contributed by atoms with E-state index in [1.165, 1.54) is 0 Å². The number of morpholine rings is 1. The molecule has 0 aromatic carbocycles. The molecule has 0 radical (unpaired) electrons. The minimum Gasteiger partial charge on any atom is -0.377 e. The van der Waals surface area contributed by atoms with E-state index in [9.17, 15) is 13.2 Å². The van der Waals surface area contributed by atoms with Gasteiger partial charge in [0.1, 0.15) is 15.9 Å². The topological polar surface area (TPSA) is 94.2 Å². The van der Waals surface area contributed by atoms with Gasteiger partial charge in [-0.25, -0.2) is 13.2 Å². The molecule has 1 unspecified atom stereocenters. The third-order valence-electron chi connectivity index (χ3n) is 3.55. The molecule has 21 heavy (non-hydrogen) atoms. The lowest BCUT2D eigenvalue weighted by molar-refractivity contribution is -0.00291. The minimum atomic E-state index is -3.13. The van der Waals surface area contributed by atoms with E-state index in [-0.39, 0.29) is 30.5 Å². The number of ether oxygens (including phenoxy) is 3. The highest BCUT2D eigenvalue weighted by molar-refractivity contribution is 7.90. The Hall–Kier alpha value is -0.900. The number of urea groups is 1. The molecule has 0 aromatic heterocycles. The number of carbonyl (C=O) groups excluding carboxylic acids is 1. The Morgan fingerprint density at radius 2 is 2.19 bits per heavy atom. The maximum atomic E-state index is 12.2. The van der Waals surface area contributed by atoms with Crippen LogP contribution in [0.5, 0.6) is 0 Å². The number of methoxy groups -OCH3 is 1. The molecule has 2 aliphatic rings. The smallest absolute Gasteiger partial charge is 0.317 e. The monoisotopic (exact) mass is 322 g/mol. The van der Waals surface area contributed by atoms with Crippen LogP contribution in [0.2, 0.25) is 0 Å².